The molecule has 4 aromatic rings. The smallest absolute Gasteiger partial charge is 0.280 e. The number of nitrogens with zero attached hydrogens (tertiary/aromatic N) is 5. The van der Waals surface area contributed by atoms with E-state index < -0.39 is 5.56 Å². The Hall–Kier alpha value is -3.52. The molecule has 8 nitrogen and oxygen atoms in total. The summed E-state index contributed by atoms with van der Waals surface area (Å²) in [6.07, 6.45) is 3.24. The summed E-state index contributed by atoms with van der Waals surface area (Å²) in [5.74, 6) is 2.00. The third-order valence-electron chi connectivity index (χ3n) is 5.13. The number of hydrogen-bond donors (Lipinski definition) is 0. The molecule has 3 heterocycles. The van der Waals surface area contributed by atoms with Crippen LogP contribution < -0.4 is 10.3 Å². The van der Waals surface area contributed by atoms with Crippen molar-refractivity contribution in [3.63, 3.8) is 0 Å². The molecule has 170 valence electrons. The van der Waals surface area contributed by atoms with E-state index in [1.165, 1.54) is 10.8 Å². The molecule has 0 spiro atoms. The van der Waals surface area contributed by atoms with Crippen molar-refractivity contribution in [2.24, 2.45) is 0 Å². The standard InChI is InChI=1S/C24H24ClN5O3/c1-13(2)22-26-9-8-19(29-22)17-7-6-14(3)20(10-17)30-15(4)27-23(21(25)24(30)31)33-12-18-11-32-16(5)28-18/h6-11,13H,12H2,1-5H3. The highest BCUT2D eigenvalue weighted by molar-refractivity contribution is 6.31. The lowest BCUT2D eigenvalue weighted by Gasteiger charge is -2.16. The van der Waals surface area contributed by atoms with Gasteiger partial charge in [-0.3, -0.25) is 9.36 Å². The Morgan fingerprint density at radius 3 is 2.61 bits per heavy atom. The number of aromatic nitrogens is 5. The summed E-state index contributed by atoms with van der Waals surface area (Å²) in [7, 11) is 0. The highest BCUT2D eigenvalue weighted by atomic mass is 35.5. The molecular weight excluding hydrogens is 442 g/mol. The Balaban J connectivity index is 1.73. The van der Waals surface area contributed by atoms with Gasteiger partial charge in [-0.2, -0.15) is 4.98 Å². The minimum Gasteiger partial charge on any atom is -0.470 e. The predicted molar refractivity (Wildman–Crippen MR) is 125 cm³/mol. The van der Waals surface area contributed by atoms with Gasteiger partial charge in [0.25, 0.3) is 5.56 Å². The fourth-order valence-electron chi connectivity index (χ4n) is 3.40. The van der Waals surface area contributed by atoms with Gasteiger partial charge in [0.1, 0.15) is 30.2 Å². The lowest BCUT2D eigenvalue weighted by Crippen LogP contribution is -2.24. The van der Waals surface area contributed by atoms with Crippen LogP contribution in [0, 0.1) is 20.8 Å². The predicted octanol–water partition coefficient (Wildman–Crippen LogP) is 4.96. The number of oxazole rings is 1. The van der Waals surface area contributed by atoms with Crippen LogP contribution in [0.4, 0.5) is 0 Å². The molecule has 0 saturated carbocycles. The molecule has 0 amide bonds. The quantitative estimate of drug-likeness (QED) is 0.397. The van der Waals surface area contributed by atoms with Crippen molar-refractivity contribution in [1.82, 2.24) is 24.5 Å². The van der Waals surface area contributed by atoms with Crippen LogP contribution in [-0.2, 0) is 6.61 Å². The molecule has 3 aromatic heterocycles. The van der Waals surface area contributed by atoms with Gasteiger partial charge >= 0.3 is 0 Å². The Labute approximate surface area is 196 Å². The Morgan fingerprint density at radius 1 is 1.12 bits per heavy atom. The molecule has 1 aromatic carbocycles. The topological polar surface area (TPSA) is 95.9 Å². The summed E-state index contributed by atoms with van der Waals surface area (Å²) in [6, 6.07) is 7.67. The third-order valence-corrected chi connectivity index (χ3v) is 5.45. The van der Waals surface area contributed by atoms with Gasteiger partial charge in [-0.1, -0.05) is 37.6 Å². The molecule has 0 radical (unpaired) electrons. The van der Waals surface area contributed by atoms with Gasteiger partial charge in [0.05, 0.1) is 11.4 Å². The molecule has 4 rings (SSSR count). The van der Waals surface area contributed by atoms with E-state index in [2.05, 4.69) is 19.9 Å². The van der Waals surface area contributed by atoms with Crippen LogP contribution in [0.2, 0.25) is 5.02 Å². The number of rotatable bonds is 6. The van der Waals surface area contributed by atoms with Gasteiger partial charge in [0.15, 0.2) is 10.9 Å². The van der Waals surface area contributed by atoms with Crippen LogP contribution in [0.25, 0.3) is 16.9 Å². The second-order valence-corrected chi connectivity index (χ2v) is 8.40. The molecule has 0 atom stereocenters. The highest BCUT2D eigenvalue weighted by Crippen LogP contribution is 2.26. The summed E-state index contributed by atoms with van der Waals surface area (Å²) in [4.78, 5) is 30.8. The van der Waals surface area contributed by atoms with E-state index in [0.717, 1.165) is 22.6 Å². The molecular formula is C24H24ClN5O3. The molecule has 0 bridgehead atoms. The van der Waals surface area contributed by atoms with E-state index in [-0.39, 0.29) is 23.4 Å². The van der Waals surface area contributed by atoms with Crippen LogP contribution in [0.1, 0.15) is 48.6 Å². The minimum atomic E-state index is -0.415. The molecule has 0 unspecified atom stereocenters. The van der Waals surface area contributed by atoms with Crippen LogP contribution in [0.5, 0.6) is 5.88 Å². The summed E-state index contributed by atoms with van der Waals surface area (Å²) >= 11 is 6.37. The van der Waals surface area contributed by atoms with E-state index in [9.17, 15) is 4.79 Å². The zero-order chi connectivity index (χ0) is 23.7. The number of halogens is 1. The van der Waals surface area contributed by atoms with Crippen molar-refractivity contribution < 1.29 is 9.15 Å². The van der Waals surface area contributed by atoms with E-state index in [4.69, 9.17) is 20.8 Å². The van der Waals surface area contributed by atoms with Gasteiger partial charge < -0.3 is 9.15 Å². The van der Waals surface area contributed by atoms with E-state index in [0.29, 0.717) is 23.1 Å². The zero-order valence-electron chi connectivity index (χ0n) is 19.1. The number of benzene rings is 1. The maximum Gasteiger partial charge on any atom is 0.280 e. The van der Waals surface area contributed by atoms with E-state index in [1.54, 1.807) is 20.0 Å². The SMILES string of the molecule is Cc1nc(COc2nc(C)n(-c3cc(-c4ccnc(C(C)C)n4)ccc3C)c(=O)c2Cl)co1. The molecule has 33 heavy (non-hydrogen) atoms. The first-order valence-corrected chi connectivity index (χ1v) is 10.9. The number of ether oxygens (including phenoxy) is 1. The number of aryl methyl sites for hydroxylation is 3. The third kappa shape index (κ3) is 4.66. The zero-order valence-corrected chi connectivity index (χ0v) is 19.8. The monoisotopic (exact) mass is 465 g/mol. The summed E-state index contributed by atoms with van der Waals surface area (Å²) in [5.41, 5.74) is 3.38. The Kier molecular flexibility index (Phi) is 6.29. The first kappa shape index (κ1) is 22.7. The molecule has 0 N–H and O–H groups in total. The molecule has 0 fully saturated rings. The molecule has 0 aliphatic carbocycles. The molecule has 0 aliphatic rings. The van der Waals surface area contributed by atoms with Crippen molar-refractivity contribution in [2.45, 2.75) is 47.1 Å². The molecule has 0 aliphatic heterocycles. The van der Waals surface area contributed by atoms with Gasteiger partial charge in [0, 0.05) is 24.6 Å². The fraction of sp³-hybridized carbons (Fsp3) is 0.292. The Morgan fingerprint density at radius 2 is 1.91 bits per heavy atom. The maximum atomic E-state index is 13.2. The summed E-state index contributed by atoms with van der Waals surface area (Å²) < 4.78 is 12.3. The average Bonchev–Trinajstić information content (AvgIpc) is 3.21. The summed E-state index contributed by atoms with van der Waals surface area (Å²) in [6.45, 7) is 9.58. The largest absolute Gasteiger partial charge is 0.470 e. The van der Waals surface area contributed by atoms with Crippen molar-refractivity contribution in [2.75, 3.05) is 0 Å². The van der Waals surface area contributed by atoms with Gasteiger partial charge in [-0.05, 0) is 31.5 Å². The second-order valence-electron chi connectivity index (χ2n) is 8.02. The van der Waals surface area contributed by atoms with Crippen molar-refractivity contribution in [3.05, 3.63) is 80.9 Å². The molecule has 0 saturated heterocycles. The van der Waals surface area contributed by atoms with Crippen molar-refractivity contribution in [1.29, 1.82) is 0 Å². The van der Waals surface area contributed by atoms with Gasteiger partial charge in [-0.25, -0.2) is 15.0 Å². The van der Waals surface area contributed by atoms with Crippen molar-refractivity contribution >= 4 is 11.6 Å². The van der Waals surface area contributed by atoms with E-state index >= 15 is 0 Å². The lowest BCUT2D eigenvalue weighted by molar-refractivity contribution is 0.287. The van der Waals surface area contributed by atoms with Gasteiger partial charge in [0.2, 0.25) is 5.88 Å². The van der Waals surface area contributed by atoms with Crippen LogP contribution in [0.3, 0.4) is 0 Å². The fourth-order valence-corrected chi connectivity index (χ4v) is 3.58. The number of hydrogen-bond acceptors (Lipinski definition) is 7. The lowest BCUT2D eigenvalue weighted by atomic mass is 10.1. The van der Waals surface area contributed by atoms with Crippen LogP contribution in [-0.4, -0.2) is 24.5 Å². The normalized spacial score (nSPS) is 11.2. The first-order valence-electron chi connectivity index (χ1n) is 10.5. The van der Waals surface area contributed by atoms with Crippen LogP contribution in [0.15, 0.2) is 45.9 Å². The van der Waals surface area contributed by atoms with Gasteiger partial charge in [-0.15, -0.1) is 0 Å². The van der Waals surface area contributed by atoms with Crippen molar-refractivity contribution in [3.8, 4) is 22.8 Å². The average molecular weight is 466 g/mol. The second kappa shape index (κ2) is 9.15. The van der Waals surface area contributed by atoms with Crippen LogP contribution >= 0.6 is 11.6 Å². The molecule has 9 heteroatoms. The minimum absolute atomic E-state index is 0.0576. The maximum absolute atomic E-state index is 13.2. The highest BCUT2D eigenvalue weighted by Gasteiger charge is 2.18. The van der Waals surface area contributed by atoms with E-state index in [1.807, 2.05) is 45.0 Å². The Bertz CT molecular complexity index is 1380. The summed E-state index contributed by atoms with van der Waals surface area (Å²) in [5, 5.41) is -0.102. The first-order chi connectivity index (χ1) is 15.7.